The molecule has 0 aliphatic heterocycles. The molecule has 2 heterocycles. The van der Waals surface area contributed by atoms with Gasteiger partial charge < -0.3 is 20.4 Å². The molecule has 0 spiro atoms. The second-order valence-electron chi connectivity index (χ2n) is 12.3. The Morgan fingerprint density at radius 1 is 0.542 bits per heavy atom. The van der Waals surface area contributed by atoms with Crippen molar-refractivity contribution in [2.75, 3.05) is 45.0 Å². The van der Waals surface area contributed by atoms with Gasteiger partial charge in [-0.25, -0.2) is 19.9 Å². The molecule has 2 atom stereocenters. The fourth-order valence-corrected chi connectivity index (χ4v) is 6.19. The van der Waals surface area contributed by atoms with Gasteiger partial charge in [0.05, 0.1) is 67.9 Å². The highest BCUT2D eigenvalue weighted by molar-refractivity contribution is 6.12. The molecule has 11 heteroatoms. The molecule has 0 bridgehead atoms. The predicted molar refractivity (Wildman–Crippen MR) is 194 cm³/mol. The van der Waals surface area contributed by atoms with E-state index in [-0.39, 0.29) is 11.8 Å². The third kappa shape index (κ3) is 6.04. The van der Waals surface area contributed by atoms with Crippen LogP contribution in [-0.4, -0.2) is 84.2 Å². The van der Waals surface area contributed by atoms with Crippen LogP contribution in [0.1, 0.15) is 47.4 Å². The topological polar surface area (TPSA) is 119 Å². The monoisotopic (exact) mass is 643 g/mol. The standard InChI is InChI=1S/C37H41N9O2/c1-8-30(42-36(47)32-28(44(3)4)20-18-26-34(32)40-24-16-12-10-14-22(24)38-26)46(7)31(9-2)43-37(48)33-29(45(5)6)21-19-27-35(33)41-25-17-13-11-15-23(25)39-27/h10-21,30-31H,8-9H2,1-7H3,(H,42,47)(H,43,48). The van der Waals surface area contributed by atoms with E-state index in [9.17, 15) is 9.59 Å². The van der Waals surface area contributed by atoms with Crippen LogP contribution in [-0.2, 0) is 0 Å². The summed E-state index contributed by atoms with van der Waals surface area (Å²) in [5.74, 6) is -0.528. The number of aromatic nitrogens is 4. The number of fused-ring (bicyclic) bond motifs is 4. The van der Waals surface area contributed by atoms with E-state index in [1.165, 1.54) is 0 Å². The number of nitrogens with one attached hydrogen (secondary N) is 2. The van der Waals surface area contributed by atoms with Gasteiger partial charge in [-0.05, 0) is 68.4 Å². The third-order valence-corrected chi connectivity index (χ3v) is 8.75. The summed E-state index contributed by atoms with van der Waals surface area (Å²) in [5, 5.41) is 6.47. The lowest BCUT2D eigenvalue weighted by Crippen LogP contribution is -2.55. The average Bonchev–Trinajstić information content (AvgIpc) is 3.09. The van der Waals surface area contributed by atoms with Crippen molar-refractivity contribution in [3.63, 3.8) is 0 Å². The molecule has 6 rings (SSSR count). The second-order valence-corrected chi connectivity index (χ2v) is 12.3. The molecule has 0 fully saturated rings. The Bertz CT molecular complexity index is 2010. The number of carbonyl (C=O) groups is 2. The minimum Gasteiger partial charge on any atom is -0.377 e. The lowest BCUT2D eigenvalue weighted by atomic mass is 10.1. The maximum Gasteiger partial charge on any atom is 0.256 e. The predicted octanol–water partition coefficient (Wildman–Crippen LogP) is 5.58. The quantitative estimate of drug-likeness (QED) is 0.146. The van der Waals surface area contributed by atoms with Gasteiger partial charge in [0.15, 0.2) is 0 Å². The molecule has 6 aromatic rings. The largest absolute Gasteiger partial charge is 0.377 e. The van der Waals surface area contributed by atoms with E-state index < -0.39 is 12.3 Å². The number of amides is 2. The van der Waals surface area contributed by atoms with Crippen LogP contribution in [0.15, 0.2) is 72.8 Å². The number of para-hydroxylation sites is 4. The number of anilines is 2. The number of rotatable bonds is 10. The Kier molecular flexibility index (Phi) is 9.05. The first-order chi connectivity index (χ1) is 23.1. The molecule has 0 saturated carbocycles. The van der Waals surface area contributed by atoms with Gasteiger partial charge in [-0.3, -0.25) is 14.5 Å². The summed E-state index contributed by atoms with van der Waals surface area (Å²) in [7, 11) is 9.53. The molecule has 0 saturated heterocycles. The minimum atomic E-state index is -0.397. The van der Waals surface area contributed by atoms with Gasteiger partial charge in [0.25, 0.3) is 11.8 Å². The zero-order valence-corrected chi connectivity index (χ0v) is 28.4. The normalized spacial score (nSPS) is 12.8. The maximum absolute atomic E-state index is 14.2. The Hall–Kier alpha value is -5.42. The third-order valence-electron chi connectivity index (χ3n) is 8.75. The number of hydrogen-bond acceptors (Lipinski definition) is 9. The summed E-state index contributed by atoms with van der Waals surface area (Å²) in [5.41, 5.74) is 7.73. The molecular formula is C37H41N9O2. The van der Waals surface area contributed by atoms with Gasteiger partial charge >= 0.3 is 0 Å². The highest BCUT2D eigenvalue weighted by Crippen LogP contribution is 2.30. The molecule has 2 N–H and O–H groups in total. The van der Waals surface area contributed by atoms with Crippen LogP contribution in [0.25, 0.3) is 44.1 Å². The summed E-state index contributed by atoms with van der Waals surface area (Å²) in [6, 6.07) is 22.9. The number of carbonyl (C=O) groups excluding carboxylic acids is 2. The SMILES string of the molecule is CCC(NC(=O)c1c(N(C)C)ccc2nc3ccccc3nc12)N(C)C(CC)NC(=O)c1c(N(C)C)ccc2nc3ccccc3nc12. The maximum atomic E-state index is 14.2. The highest BCUT2D eigenvalue weighted by atomic mass is 16.2. The fourth-order valence-electron chi connectivity index (χ4n) is 6.19. The van der Waals surface area contributed by atoms with Crippen molar-refractivity contribution < 1.29 is 9.59 Å². The first kappa shape index (κ1) is 32.5. The van der Waals surface area contributed by atoms with Gasteiger partial charge in [-0.2, -0.15) is 0 Å². The summed E-state index contributed by atoms with van der Waals surface area (Å²) in [6.07, 6.45) is 0.400. The molecule has 0 aliphatic rings. The molecule has 11 nitrogen and oxygen atoms in total. The van der Waals surface area contributed by atoms with E-state index in [1.807, 2.05) is 137 Å². The molecule has 2 amide bonds. The Balaban J connectivity index is 1.31. The number of hydrogen-bond donors (Lipinski definition) is 2. The Morgan fingerprint density at radius 2 is 0.896 bits per heavy atom. The summed E-state index contributed by atoms with van der Waals surface area (Å²) in [6.45, 7) is 4.02. The van der Waals surface area contributed by atoms with Crippen LogP contribution < -0.4 is 20.4 Å². The van der Waals surface area contributed by atoms with Crippen molar-refractivity contribution in [3.8, 4) is 0 Å². The summed E-state index contributed by atoms with van der Waals surface area (Å²) >= 11 is 0. The zero-order valence-electron chi connectivity index (χ0n) is 28.4. The first-order valence-corrected chi connectivity index (χ1v) is 16.2. The van der Waals surface area contributed by atoms with Crippen molar-refractivity contribution in [1.29, 1.82) is 0 Å². The van der Waals surface area contributed by atoms with Crippen LogP contribution in [0.2, 0.25) is 0 Å². The molecule has 2 unspecified atom stereocenters. The van der Waals surface area contributed by atoms with Crippen molar-refractivity contribution in [2.24, 2.45) is 0 Å². The minimum absolute atomic E-state index is 0.264. The number of benzene rings is 4. The van der Waals surface area contributed by atoms with Gasteiger partial charge in [0, 0.05) is 28.2 Å². The van der Waals surface area contributed by atoms with Crippen molar-refractivity contribution in [2.45, 2.75) is 39.0 Å². The average molecular weight is 644 g/mol. The Labute approximate surface area is 280 Å². The van der Waals surface area contributed by atoms with Crippen LogP contribution in [0, 0.1) is 0 Å². The van der Waals surface area contributed by atoms with E-state index in [4.69, 9.17) is 19.9 Å². The molecular weight excluding hydrogens is 602 g/mol. The Morgan fingerprint density at radius 3 is 1.23 bits per heavy atom. The van der Waals surface area contributed by atoms with Gasteiger partial charge in [-0.1, -0.05) is 38.1 Å². The van der Waals surface area contributed by atoms with E-state index in [0.29, 0.717) is 46.0 Å². The van der Waals surface area contributed by atoms with E-state index >= 15 is 0 Å². The lowest BCUT2D eigenvalue weighted by Gasteiger charge is -2.35. The summed E-state index contributed by atoms with van der Waals surface area (Å²) in [4.78, 5) is 53.5. The van der Waals surface area contributed by atoms with Crippen LogP contribution in [0.4, 0.5) is 11.4 Å². The molecule has 48 heavy (non-hydrogen) atoms. The lowest BCUT2D eigenvalue weighted by molar-refractivity contribution is 0.0702. The zero-order chi connectivity index (χ0) is 34.1. The van der Waals surface area contributed by atoms with Crippen LogP contribution in [0.5, 0.6) is 0 Å². The van der Waals surface area contributed by atoms with Crippen LogP contribution >= 0.6 is 0 Å². The van der Waals surface area contributed by atoms with Crippen molar-refractivity contribution >= 4 is 67.3 Å². The highest BCUT2D eigenvalue weighted by Gasteiger charge is 2.28. The molecule has 0 radical (unpaired) electrons. The smallest absolute Gasteiger partial charge is 0.256 e. The van der Waals surface area contributed by atoms with Crippen LogP contribution in [0.3, 0.4) is 0 Å². The van der Waals surface area contributed by atoms with E-state index in [0.717, 1.165) is 33.4 Å². The van der Waals surface area contributed by atoms with Gasteiger partial charge in [0.2, 0.25) is 0 Å². The molecule has 246 valence electrons. The molecule has 2 aromatic heterocycles. The first-order valence-electron chi connectivity index (χ1n) is 16.2. The van der Waals surface area contributed by atoms with Gasteiger partial charge in [-0.15, -0.1) is 0 Å². The molecule has 0 aliphatic carbocycles. The second kappa shape index (κ2) is 13.4. The number of nitrogens with zero attached hydrogens (tertiary/aromatic N) is 7. The van der Waals surface area contributed by atoms with E-state index in [2.05, 4.69) is 10.6 Å². The van der Waals surface area contributed by atoms with Crippen molar-refractivity contribution in [1.82, 2.24) is 35.5 Å². The van der Waals surface area contributed by atoms with Crippen molar-refractivity contribution in [3.05, 3.63) is 83.9 Å². The fraction of sp³-hybridized carbons (Fsp3) is 0.297. The van der Waals surface area contributed by atoms with Gasteiger partial charge in [0.1, 0.15) is 11.0 Å². The molecule has 4 aromatic carbocycles. The van der Waals surface area contributed by atoms with E-state index in [1.54, 1.807) is 0 Å². The summed E-state index contributed by atoms with van der Waals surface area (Å²) < 4.78 is 0.